The molecule has 0 aliphatic carbocycles. The van der Waals surface area contributed by atoms with Gasteiger partial charge in [-0.05, 0) is 25.8 Å². The summed E-state index contributed by atoms with van der Waals surface area (Å²) in [5, 5.41) is 3.50. The molecule has 0 radical (unpaired) electrons. The van der Waals surface area contributed by atoms with Crippen molar-refractivity contribution in [2.24, 2.45) is 5.11 Å². The first kappa shape index (κ1) is 15.8. The van der Waals surface area contributed by atoms with Gasteiger partial charge in [0.05, 0.1) is 6.10 Å². The van der Waals surface area contributed by atoms with E-state index in [0.717, 1.165) is 0 Å². The Bertz CT molecular complexity index is 750. The number of hydrogen-bond acceptors (Lipinski definition) is 6. The second-order valence-electron chi connectivity index (χ2n) is 5.89. The molecule has 23 heavy (non-hydrogen) atoms. The first-order chi connectivity index (χ1) is 10.9. The molecule has 2 aliphatic rings. The zero-order valence-electron chi connectivity index (χ0n) is 12.7. The number of aromatic nitrogens is 2. The summed E-state index contributed by atoms with van der Waals surface area (Å²) >= 11 is 0. The third-order valence-corrected chi connectivity index (χ3v) is 3.83. The first-order valence-electron chi connectivity index (χ1n) is 7.25. The Morgan fingerprint density at radius 2 is 2.13 bits per heavy atom. The molecule has 0 spiro atoms. The Labute approximate surface area is 130 Å². The van der Waals surface area contributed by atoms with Crippen LogP contribution in [0.4, 0.5) is 0 Å². The van der Waals surface area contributed by atoms with Gasteiger partial charge in [-0.3, -0.25) is 14.3 Å². The first-order valence-corrected chi connectivity index (χ1v) is 7.25. The number of H-pyrrole nitrogens is 1. The summed E-state index contributed by atoms with van der Waals surface area (Å²) in [6.07, 6.45) is -0.169. The van der Waals surface area contributed by atoms with Crippen LogP contribution in [-0.4, -0.2) is 40.2 Å². The van der Waals surface area contributed by atoms with Crippen molar-refractivity contribution in [1.82, 2.24) is 9.55 Å². The number of nitrogens with zero attached hydrogens (tertiary/aromatic N) is 4. The van der Waals surface area contributed by atoms with Crippen LogP contribution in [0.15, 0.2) is 27.0 Å². The summed E-state index contributed by atoms with van der Waals surface area (Å²) < 4.78 is 18.9. The average molecular weight is 323 g/mol. The molecule has 0 aromatic carbocycles. The van der Waals surface area contributed by atoms with Crippen molar-refractivity contribution in [3.8, 4) is 0 Å². The van der Waals surface area contributed by atoms with Gasteiger partial charge >= 0.3 is 5.69 Å². The molecule has 2 saturated heterocycles. The minimum absolute atomic E-state index is 0.251. The molecule has 10 heteroatoms. The molecule has 2 aliphatic heterocycles. The van der Waals surface area contributed by atoms with E-state index < -0.39 is 29.4 Å². The van der Waals surface area contributed by atoms with Crippen molar-refractivity contribution in [1.29, 1.82) is 0 Å². The van der Waals surface area contributed by atoms with Crippen molar-refractivity contribution in [2.75, 3.05) is 6.54 Å². The third-order valence-electron chi connectivity index (χ3n) is 3.83. The second kappa shape index (κ2) is 5.82. The molecule has 1 N–H and O–H groups in total. The highest BCUT2D eigenvalue weighted by Gasteiger charge is 2.55. The molecule has 0 bridgehead atoms. The minimum atomic E-state index is -0.806. The lowest BCUT2D eigenvalue weighted by atomic mass is 10.1. The molecule has 3 heterocycles. The molecular formula is C13H17N5O5. The van der Waals surface area contributed by atoms with E-state index in [-0.39, 0.29) is 18.8 Å². The average Bonchev–Trinajstić information content (AvgIpc) is 2.94. The molecule has 1 aromatic heterocycles. The highest BCUT2D eigenvalue weighted by molar-refractivity contribution is 4.98. The van der Waals surface area contributed by atoms with Crippen LogP contribution in [0.3, 0.4) is 0 Å². The van der Waals surface area contributed by atoms with Crippen LogP contribution in [0.2, 0.25) is 0 Å². The standard InChI is InChI=1S/C13H17N5O5/c1-13(2)22-9-7(3-5-15-17-14)21-11(10(9)23-13)18-6-4-8(19)16-12(18)20/h4,6-7,9-11H,3,5H2,1-2H3,(H,16,19,20)/t7-,9-,10-,11-/m1/s1. The van der Waals surface area contributed by atoms with Gasteiger partial charge in [0, 0.05) is 23.7 Å². The summed E-state index contributed by atoms with van der Waals surface area (Å²) in [5.74, 6) is -0.806. The Balaban J connectivity index is 1.90. The quantitative estimate of drug-likeness (QED) is 0.494. The zero-order chi connectivity index (χ0) is 16.6. The summed E-state index contributed by atoms with van der Waals surface area (Å²) in [4.78, 5) is 28.1. The van der Waals surface area contributed by atoms with Crippen molar-refractivity contribution in [3.05, 3.63) is 43.5 Å². The van der Waals surface area contributed by atoms with Gasteiger partial charge in [0.15, 0.2) is 12.0 Å². The van der Waals surface area contributed by atoms with Gasteiger partial charge in [-0.2, -0.15) is 0 Å². The van der Waals surface area contributed by atoms with E-state index in [1.807, 2.05) is 0 Å². The lowest BCUT2D eigenvalue weighted by Gasteiger charge is -2.24. The van der Waals surface area contributed by atoms with E-state index in [1.54, 1.807) is 13.8 Å². The van der Waals surface area contributed by atoms with Gasteiger partial charge in [-0.15, -0.1) is 0 Å². The maximum Gasteiger partial charge on any atom is 0.330 e. The monoisotopic (exact) mass is 323 g/mol. The highest BCUT2D eigenvalue weighted by atomic mass is 16.8. The number of ether oxygens (including phenoxy) is 3. The predicted octanol–water partition coefficient (Wildman–Crippen LogP) is 0.654. The Hall–Kier alpha value is -2.13. The summed E-state index contributed by atoms with van der Waals surface area (Å²) in [7, 11) is 0. The smallest absolute Gasteiger partial charge is 0.330 e. The predicted molar refractivity (Wildman–Crippen MR) is 77.7 cm³/mol. The summed E-state index contributed by atoms with van der Waals surface area (Å²) in [6, 6.07) is 1.24. The fourth-order valence-corrected chi connectivity index (χ4v) is 2.97. The number of nitrogens with one attached hydrogen (secondary N) is 1. The van der Waals surface area contributed by atoms with Crippen LogP contribution in [-0.2, 0) is 14.2 Å². The van der Waals surface area contributed by atoms with Crippen LogP contribution in [0.5, 0.6) is 0 Å². The SMILES string of the molecule is CC1(C)O[C@@H]2[C@H](O1)[C@@H](CCN=[N+]=[N-])O[C@H]2n1ccc(=O)[nH]c1=O. The van der Waals surface area contributed by atoms with E-state index in [4.69, 9.17) is 19.7 Å². The molecule has 0 saturated carbocycles. The van der Waals surface area contributed by atoms with Gasteiger partial charge in [0.2, 0.25) is 0 Å². The fraction of sp³-hybridized carbons (Fsp3) is 0.692. The lowest BCUT2D eigenvalue weighted by Crippen LogP contribution is -2.37. The van der Waals surface area contributed by atoms with Crippen LogP contribution >= 0.6 is 0 Å². The number of rotatable bonds is 4. The second-order valence-corrected chi connectivity index (χ2v) is 5.89. The Morgan fingerprint density at radius 3 is 2.83 bits per heavy atom. The normalized spacial score (nSPS) is 31.6. The topological polar surface area (TPSA) is 131 Å². The third kappa shape index (κ3) is 3.02. The van der Waals surface area contributed by atoms with E-state index in [1.165, 1.54) is 16.8 Å². The Kier molecular flexibility index (Phi) is 3.99. The van der Waals surface area contributed by atoms with Crippen molar-refractivity contribution < 1.29 is 14.2 Å². The van der Waals surface area contributed by atoms with Gasteiger partial charge in [-0.1, -0.05) is 5.11 Å². The number of azide groups is 1. The molecule has 3 rings (SSSR count). The van der Waals surface area contributed by atoms with Crippen LogP contribution < -0.4 is 11.2 Å². The van der Waals surface area contributed by atoms with Crippen LogP contribution in [0.25, 0.3) is 10.4 Å². The van der Waals surface area contributed by atoms with E-state index in [0.29, 0.717) is 6.42 Å². The maximum atomic E-state index is 12.0. The van der Waals surface area contributed by atoms with E-state index >= 15 is 0 Å². The lowest BCUT2D eigenvalue weighted by molar-refractivity contribution is -0.197. The molecule has 10 nitrogen and oxygen atoms in total. The summed E-state index contributed by atoms with van der Waals surface area (Å²) in [6.45, 7) is 3.81. The highest BCUT2D eigenvalue weighted by Crippen LogP contribution is 2.43. The zero-order valence-corrected chi connectivity index (χ0v) is 12.7. The van der Waals surface area contributed by atoms with Crippen LogP contribution in [0, 0.1) is 0 Å². The Morgan fingerprint density at radius 1 is 1.39 bits per heavy atom. The molecule has 0 unspecified atom stereocenters. The summed E-state index contributed by atoms with van der Waals surface area (Å²) in [5.41, 5.74) is 7.33. The largest absolute Gasteiger partial charge is 0.349 e. The minimum Gasteiger partial charge on any atom is -0.349 e. The fourth-order valence-electron chi connectivity index (χ4n) is 2.97. The number of fused-ring (bicyclic) bond motifs is 1. The molecule has 124 valence electrons. The molecular weight excluding hydrogens is 306 g/mol. The van der Waals surface area contributed by atoms with E-state index in [9.17, 15) is 9.59 Å². The molecule has 1 aromatic rings. The number of aromatic amines is 1. The van der Waals surface area contributed by atoms with Crippen molar-refractivity contribution >= 4 is 0 Å². The van der Waals surface area contributed by atoms with Gasteiger partial charge in [0.1, 0.15) is 12.2 Å². The molecule has 0 amide bonds. The van der Waals surface area contributed by atoms with Crippen molar-refractivity contribution in [2.45, 2.75) is 50.6 Å². The number of hydrogen-bond donors (Lipinski definition) is 1. The maximum absolute atomic E-state index is 12.0. The van der Waals surface area contributed by atoms with Gasteiger partial charge < -0.3 is 14.2 Å². The van der Waals surface area contributed by atoms with Gasteiger partial charge in [0.25, 0.3) is 5.56 Å². The van der Waals surface area contributed by atoms with Crippen LogP contribution in [0.1, 0.15) is 26.5 Å². The van der Waals surface area contributed by atoms with E-state index in [2.05, 4.69) is 15.0 Å². The van der Waals surface area contributed by atoms with Crippen molar-refractivity contribution in [3.63, 3.8) is 0 Å². The molecule has 4 atom stereocenters. The van der Waals surface area contributed by atoms with Gasteiger partial charge in [-0.25, -0.2) is 4.79 Å². The molecule has 2 fully saturated rings.